The summed E-state index contributed by atoms with van der Waals surface area (Å²) in [5.74, 6) is 1.23. The van der Waals surface area contributed by atoms with Crippen LogP contribution in [0.25, 0.3) is 0 Å². The molecule has 1 heterocycles. The van der Waals surface area contributed by atoms with Gasteiger partial charge in [0.15, 0.2) is 0 Å². The van der Waals surface area contributed by atoms with E-state index in [0.29, 0.717) is 12.5 Å². The van der Waals surface area contributed by atoms with Crippen LogP contribution in [0.15, 0.2) is 6.20 Å². The Balaban J connectivity index is 2.77. The molecule has 0 saturated heterocycles. The molecule has 0 amide bonds. The molecule has 15 heavy (non-hydrogen) atoms. The topological polar surface area (TPSA) is 63.8 Å². The van der Waals surface area contributed by atoms with Crippen molar-refractivity contribution in [3.63, 3.8) is 0 Å². The first kappa shape index (κ1) is 11.9. The Morgan fingerprint density at radius 1 is 1.47 bits per heavy atom. The average Bonchev–Trinajstić information content (AvgIpc) is 2.20. The SMILES string of the molecule is Cc1ncc(NCCCN)c(C(C)C)n1. The van der Waals surface area contributed by atoms with Gasteiger partial charge in [-0.3, -0.25) is 0 Å². The monoisotopic (exact) mass is 208 g/mol. The molecule has 0 aliphatic heterocycles. The van der Waals surface area contributed by atoms with E-state index < -0.39 is 0 Å². The van der Waals surface area contributed by atoms with Gasteiger partial charge in [0, 0.05) is 6.54 Å². The number of hydrogen-bond acceptors (Lipinski definition) is 4. The number of rotatable bonds is 5. The predicted octanol–water partition coefficient (Wildman–Crippen LogP) is 1.67. The number of hydrogen-bond donors (Lipinski definition) is 2. The van der Waals surface area contributed by atoms with Crippen LogP contribution in [-0.2, 0) is 0 Å². The fraction of sp³-hybridized carbons (Fsp3) is 0.636. The van der Waals surface area contributed by atoms with E-state index in [1.54, 1.807) is 0 Å². The minimum absolute atomic E-state index is 0.409. The van der Waals surface area contributed by atoms with E-state index in [1.807, 2.05) is 13.1 Å². The van der Waals surface area contributed by atoms with Gasteiger partial charge in [0.25, 0.3) is 0 Å². The molecule has 0 aromatic carbocycles. The highest BCUT2D eigenvalue weighted by molar-refractivity contribution is 5.47. The molecule has 0 aliphatic carbocycles. The number of nitrogens with zero attached hydrogens (tertiary/aromatic N) is 2. The van der Waals surface area contributed by atoms with Crippen LogP contribution in [0.1, 0.15) is 37.7 Å². The maximum absolute atomic E-state index is 5.44. The molecule has 0 spiro atoms. The molecule has 0 atom stereocenters. The van der Waals surface area contributed by atoms with Crippen molar-refractivity contribution in [1.82, 2.24) is 9.97 Å². The molecule has 0 saturated carbocycles. The highest BCUT2D eigenvalue weighted by Crippen LogP contribution is 2.20. The minimum atomic E-state index is 0.409. The van der Waals surface area contributed by atoms with Crippen LogP contribution in [0.3, 0.4) is 0 Å². The van der Waals surface area contributed by atoms with Crippen molar-refractivity contribution in [1.29, 1.82) is 0 Å². The van der Waals surface area contributed by atoms with Crippen LogP contribution in [0.5, 0.6) is 0 Å². The summed E-state index contributed by atoms with van der Waals surface area (Å²) in [6.45, 7) is 7.76. The number of aromatic nitrogens is 2. The van der Waals surface area contributed by atoms with Crippen molar-refractivity contribution in [2.24, 2.45) is 5.73 Å². The van der Waals surface area contributed by atoms with E-state index in [4.69, 9.17) is 5.73 Å². The zero-order valence-corrected chi connectivity index (χ0v) is 9.75. The molecule has 4 nitrogen and oxygen atoms in total. The highest BCUT2D eigenvalue weighted by atomic mass is 15.0. The zero-order chi connectivity index (χ0) is 11.3. The van der Waals surface area contributed by atoms with E-state index in [-0.39, 0.29) is 0 Å². The zero-order valence-electron chi connectivity index (χ0n) is 9.75. The van der Waals surface area contributed by atoms with Gasteiger partial charge in [0.2, 0.25) is 0 Å². The Morgan fingerprint density at radius 3 is 2.80 bits per heavy atom. The molecular weight excluding hydrogens is 188 g/mol. The predicted molar refractivity (Wildman–Crippen MR) is 63.0 cm³/mol. The third-order valence-corrected chi connectivity index (χ3v) is 2.18. The third-order valence-electron chi connectivity index (χ3n) is 2.18. The van der Waals surface area contributed by atoms with Crippen molar-refractivity contribution in [3.8, 4) is 0 Å². The smallest absolute Gasteiger partial charge is 0.125 e. The molecule has 0 fully saturated rings. The standard InChI is InChI=1S/C11H20N4/c1-8(2)11-10(13-6-4-5-12)7-14-9(3)15-11/h7-8,13H,4-6,12H2,1-3H3. The highest BCUT2D eigenvalue weighted by Gasteiger charge is 2.08. The summed E-state index contributed by atoms with van der Waals surface area (Å²) in [5, 5.41) is 3.32. The quantitative estimate of drug-likeness (QED) is 0.722. The van der Waals surface area contributed by atoms with Crippen molar-refractivity contribution >= 4 is 5.69 Å². The number of nitrogens with one attached hydrogen (secondary N) is 1. The largest absolute Gasteiger partial charge is 0.382 e. The van der Waals surface area contributed by atoms with Gasteiger partial charge in [-0.05, 0) is 25.8 Å². The summed E-state index contributed by atoms with van der Waals surface area (Å²) in [5.41, 5.74) is 7.56. The average molecular weight is 208 g/mol. The normalized spacial score (nSPS) is 10.7. The minimum Gasteiger partial charge on any atom is -0.382 e. The van der Waals surface area contributed by atoms with Gasteiger partial charge in [-0.2, -0.15) is 0 Å². The molecule has 0 aliphatic rings. The summed E-state index contributed by atoms with van der Waals surface area (Å²) in [6.07, 6.45) is 2.82. The fourth-order valence-electron chi connectivity index (χ4n) is 1.39. The van der Waals surface area contributed by atoms with Crippen LogP contribution in [0, 0.1) is 6.92 Å². The lowest BCUT2D eigenvalue weighted by molar-refractivity contribution is 0.796. The Bertz CT molecular complexity index is 309. The summed E-state index contributed by atoms with van der Waals surface area (Å²) in [4.78, 5) is 8.64. The van der Waals surface area contributed by atoms with Crippen molar-refractivity contribution in [3.05, 3.63) is 17.7 Å². The second kappa shape index (κ2) is 5.66. The van der Waals surface area contributed by atoms with Crippen molar-refractivity contribution < 1.29 is 0 Å². The van der Waals surface area contributed by atoms with Crippen LogP contribution >= 0.6 is 0 Å². The van der Waals surface area contributed by atoms with Crippen LogP contribution < -0.4 is 11.1 Å². The van der Waals surface area contributed by atoms with Gasteiger partial charge >= 0.3 is 0 Å². The third kappa shape index (κ3) is 3.47. The van der Waals surface area contributed by atoms with E-state index in [9.17, 15) is 0 Å². The molecule has 1 aromatic heterocycles. The number of nitrogens with two attached hydrogens (primary N) is 1. The molecule has 1 rings (SSSR count). The van der Waals surface area contributed by atoms with Gasteiger partial charge < -0.3 is 11.1 Å². The maximum atomic E-state index is 5.44. The second-order valence-electron chi connectivity index (χ2n) is 3.94. The van der Waals surface area contributed by atoms with Crippen LogP contribution in [-0.4, -0.2) is 23.1 Å². The molecular formula is C11H20N4. The van der Waals surface area contributed by atoms with Gasteiger partial charge in [-0.15, -0.1) is 0 Å². The van der Waals surface area contributed by atoms with E-state index in [1.165, 1.54) is 0 Å². The van der Waals surface area contributed by atoms with E-state index >= 15 is 0 Å². The van der Waals surface area contributed by atoms with Crippen molar-refractivity contribution in [2.45, 2.75) is 33.1 Å². The van der Waals surface area contributed by atoms with Gasteiger partial charge in [0.05, 0.1) is 17.6 Å². The Kier molecular flexibility index (Phi) is 4.49. The lowest BCUT2D eigenvalue weighted by atomic mass is 10.1. The van der Waals surface area contributed by atoms with E-state index in [2.05, 4.69) is 29.1 Å². The Labute approximate surface area is 91.3 Å². The van der Waals surface area contributed by atoms with Gasteiger partial charge in [-0.25, -0.2) is 9.97 Å². The molecule has 0 unspecified atom stereocenters. The summed E-state index contributed by atoms with van der Waals surface area (Å²) in [6, 6.07) is 0. The van der Waals surface area contributed by atoms with Crippen LogP contribution in [0.2, 0.25) is 0 Å². The molecule has 4 heteroatoms. The molecule has 1 aromatic rings. The first-order chi connectivity index (χ1) is 7.15. The number of anilines is 1. The van der Waals surface area contributed by atoms with Crippen LogP contribution in [0.4, 0.5) is 5.69 Å². The molecule has 0 radical (unpaired) electrons. The first-order valence-electron chi connectivity index (χ1n) is 5.42. The lowest BCUT2D eigenvalue weighted by Gasteiger charge is -2.13. The Morgan fingerprint density at radius 2 is 2.20 bits per heavy atom. The summed E-state index contributed by atoms with van der Waals surface area (Å²) in [7, 11) is 0. The number of aryl methyl sites for hydroxylation is 1. The summed E-state index contributed by atoms with van der Waals surface area (Å²) < 4.78 is 0. The molecule has 0 bridgehead atoms. The Hall–Kier alpha value is -1.16. The summed E-state index contributed by atoms with van der Waals surface area (Å²) >= 11 is 0. The van der Waals surface area contributed by atoms with E-state index in [0.717, 1.165) is 30.2 Å². The second-order valence-corrected chi connectivity index (χ2v) is 3.94. The van der Waals surface area contributed by atoms with Gasteiger partial charge in [0.1, 0.15) is 5.82 Å². The first-order valence-corrected chi connectivity index (χ1v) is 5.42. The lowest BCUT2D eigenvalue weighted by Crippen LogP contribution is -2.11. The molecule has 84 valence electrons. The molecule has 3 N–H and O–H groups in total. The van der Waals surface area contributed by atoms with Gasteiger partial charge in [-0.1, -0.05) is 13.8 Å². The van der Waals surface area contributed by atoms with Crippen molar-refractivity contribution in [2.75, 3.05) is 18.4 Å². The maximum Gasteiger partial charge on any atom is 0.125 e. The fourth-order valence-corrected chi connectivity index (χ4v) is 1.39.